The first-order chi connectivity index (χ1) is 14.9. The summed E-state index contributed by atoms with van der Waals surface area (Å²) in [6.45, 7) is 0.413. The molecule has 0 saturated carbocycles. The van der Waals surface area contributed by atoms with Gasteiger partial charge in [0.05, 0.1) is 22.8 Å². The van der Waals surface area contributed by atoms with Crippen molar-refractivity contribution in [2.45, 2.75) is 11.4 Å². The summed E-state index contributed by atoms with van der Waals surface area (Å²) in [5.74, 6) is 2.07. The van der Waals surface area contributed by atoms with E-state index in [1.165, 1.54) is 6.26 Å². The summed E-state index contributed by atoms with van der Waals surface area (Å²) in [6.07, 6.45) is 1.17. The van der Waals surface area contributed by atoms with E-state index in [1.54, 1.807) is 28.9 Å². The van der Waals surface area contributed by atoms with Crippen molar-refractivity contribution < 1.29 is 13.2 Å². The van der Waals surface area contributed by atoms with Gasteiger partial charge in [0.2, 0.25) is 0 Å². The summed E-state index contributed by atoms with van der Waals surface area (Å²) < 4.78 is 31.0. The number of hydrogen-bond donors (Lipinski definition) is 0. The molecule has 0 fully saturated rings. The molecule has 0 N–H and O–H groups in total. The van der Waals surface area contributed by atoms with Crippen molar-refractivity contribution in [3.8, 4) is 17.2 Å². The van der Waals surface area contributed by atoms with Crippen LogP contribution in [-0.2, 0) is 16.4 Å². The Labute approximate surface area is 180 Å². The number of rotatable bonds is 7. The molecule has 1 aromatic heterocycles. The normalized spacial score (nSPS) is 11.3. The minimum Gasteiger partial charge on any atom is -0.455 e. The Balaban J connectivity index is 1.57. The van der Waals surface area contributed by atoms with Crippen LogP contribution in [0.25, 0.3) is 5.69 Å². The molecule has 0 saturated heterocycles. The molecule has 9 heteroatoms. The number of tetrazole rings is 1. The Kier molecular flexibility index (Phi) is 5.68. The van der Waals surface area contributed by atoms with Gasteiger partial charge in [-0.1, -0.05) is 30.3 Å². The maximum atomic E-state index is 11.7. The molecular formula is C22H21N5O3S. The smallest absolute Gasteiger partial charge is 0.175 e. The van der Waals surface area contributed by atoms with Crippen LogP contribution in [-0.4, -0.2) is 41.9 Å². The summed E-state index contributed by atoms with van der Waals surface area (Å²) in [7, 11) is -1.34. The van der Waals surface area contributed by atoms with E-state index >= 15 is 0 Å². The topological polar surface area (TPSA) is 90.2 Å². The van der Waals surface area contributed by atoms with Gasteiger partial charge in [0.25, 0.3) is 0 Å². The number of sulfone groups is 1. The van der Waals surface area contributed by atoms with Crippen molar-refractivity contribution in [3.63, 3.8) is 0 Å². The summed E-state index contributed by atoms with van der Waals surface area (Å²) in [5, 5.41) is 12.0. The lowest BCUT2D eigenvalue weighted by Crippen LogP contribution is -2.20. The van der Waals surface area contributed by atoms with Gasteiger partial charge in [-0.3, -0.25) is 0 Å². The Bertz CT molecular complexity index is 1270. The highest BCUT2D eigenvalue weighted by atomic mass is 32.2. The molecule has 1 heterocycles. The van der Waals surface area contributed by atoms with Gasteiger partial charge in [-0.15, -0.1) is 5.10 Å². The molecule has 8 nitrogen and oxygen atoms in total. The highest BCUT2D eigenvalue weighted by Gasteiger charge is 2.15. The number of aromatic nitrogens is 4. The number of ether oxygens (including phenoxy) is 1. The molecule has 0 aliphatic carbocycles. The molecule has 3 aromatic carbocycles. The molecule has 0 bridgehead atoms. The Morgan fingerprint density at radius 1 is 0.935 bits per heavy atom. The van der Waals surface area contributed by atoms with Gasteiger partial charge in [-0.2, -0.15) is 4.68 Å². The van der Waals surface area contributed by atoms with Crippen molar-refractivity contribution in [1.29, 1.82) is 0 Å². The number of hydrogen-bond acceptors (Lipinski definition) is 7. The average Bonchev–Trinajstić information content (AvgIpc) is 3.22. The third-order valence-corrected chi connectivity index (χ3v) is 5.80. The predicted molar refractivity (Wildman–Crippen MR) is 117 cm³/mol. The largest absolute Gasteiger partial charge is 0.455 e. The first-order valence-electron chi connectivity index (χ1n) is 9.52. The van der Waals surface area contributed by atoms with Crippen LogP contribution in [0.1, 0.15) is 5.82 Å². The second kappa shape index (κ2) is 8.57. The zero-order valence-corrected chi connectivity index (χ0v) is 17.9. The highest BCUT2D eigenvalue weighted by Crippen LogP contribution is 2.32. The zero-order valence-electron chi connectivity index (χ0n) is 17.1. The van der Waals surface area contributed by atoms with Crippen molar-refractivity contribution in [2.75, 3.05) is 18.2 Å². The number of anilines is 1. The second-order valence-corrected chi connectivity index (χ2v) is 9.03. The lowest BCUT2D eigenvalue weighted by Gasteiger charge is -2.21. The second-order valence-electron chi connectivity index (χ2n) is 7.01. The molecule has 0 aliphatic rings. The van der Waals surface area contributed by atoms with Crippen LogP contribution in [0.15, 0.2) is 83.8 Å². The summed E-state index contributed by atoms with van der Waals surface area (Å²) in [5.41, 5.74) is 1.56. The third-order valence-electron chi connectivity index (χ3n) is 4.67. The molecule has 0 amide bonds. The van der Waals surface area contributed by atoms with E-state index in [9.17, 15) is 8.42 Å². The fourth-order valence-electron chi connectivity index (χ4n) is 3.11. The van der Waals surface area contributed by atoms with E-state index in [2.05, 4.69) is 15.5 Å². The fraction of sp³-hybridized carbons (Fsp3) is 0.136. The van der Waals surface area contributed by atoms with Crippen LogP contribution >= 0.6 is 0 Å². The maximum absolute atomic E-state index is 11.7. The lowest BCUT2D eigenvalue weighted by atomic mass is 10.2. The first kappa shape index (κ1) is 20.5. The van der Waals surface area contributed by atoms with E-state index in [0.29, 0.717) is 23.8 Å². The van der Waals surface area contributed by atoms with E-state index in [-0.39, 0.29) is 4.90 Å². The lowest BCUT2D eigenvalue weighted by molar-refractivity contribution is 0.482. The number of para-hydroxylation sites is 3. The van der Waals surface area contributed by atoms with Crippen LogP contribution in [0.2, 0.25) is 0 Å². The van der Waals surface area contributed by atoms with Crippen molar-refractivity contribution >= 4 is 15.5 Å². The zero-order chi connectivity index (χ0) is 21.8. The molecule has 0 aliphatic heterocycles. The molecule has 0 unspecified atom stereocenters. The van der Waals surface area contributed by atoms with E-state index in [0.717, 1.165) is 11.4 Å². The average molecular weight is 436 g/mol. The Morgan fingerprint density at radius 2 is 1.61 bits per heavy atom. The van der Waals surface area contributed by atoms with Crippen LogP contribution in [0.4, 0.5) is 5.69 Å². The van der Waals surface area contributed by atoms with E-state index in [1.807, 2.05) is 66.5 Å². The standard InChI is InChI=1S/C22H21N5O3S/c1-26(20-10-6-7-11-21(20)30-18-8-4-3-5-9-18)16-22-23-24-25-27(22)17-12-14-19(15-13-17)31(2,28)29/h3-15H,16H2,1-2H3. The molecule has 4 rings (SSSR count). The van der Waals surface area contributed by atoms with Gasteiger partial charge >= 0.3 is 0 Å². The molecule has 4 aromatic rings. The SMILES string of the molecule is CN(Cc1nnnn1-c1ccc(S(C)(=O)=O)cc1)c1ccccc1Oc1ccccc1. The molecular weight excluding hydrogens is 414 g/mol. The van der Waals surface area contributed by atoms with Crippen LogP contribution in [0.5, 0.6) is 11.5 Å². The monoisotopic (exact) mass is 435 g/mol. The summed E-state index contributed by atoms with van der Waals surface area (Å²) in [4.78, 5) is 2.24. The van der Waals surface area contributed by atoms with Gasteiger partial charge in [0, 0.05) is 13.3 Å². The predicted octanol–water partition coefficient (Wildman–Crippen LogP) is 3.49. The van der Waals surface area contributed by atoms with Gasteiger partial charge < -0.3 is 9.64 Å². The minimum atomic E-state index is -3.27. The maximum Gasteiger partial charge on any atom is 0.175 e. The molecule has 0 radical (unpaired) electrons. The van der Waals surface area contributed by atoms with Gasteiger partial charge in [-0.25, -0.2) is 8.42 Å². The summed E-state index contributed by atoms with van der Waals surface area (Å²) >= 11 is 0. The highest BCUT2D eigenvalue weighted by molar-refractivity contribution is 7.90. The summed E-state index contributed by atoms with van der Waals surface area (Å²) in [6, 6.07) is 23.8. The van der Waals surface area contributed by atoms with Gasteiger partial charge in [0.15, 0.2) is 21.4 Å². The Hall–Kier alpha value is -3.72. The van der Waals surface area contributed by atoms with E-state index in [4.69, 9.17) is 4.74 Å². The van der Waals surface area contributed by atoms with Gasteiger partial charge in [0.1, 0.15) is 5.75 Å². The molecule has 158 valence electrons. The van der Waals surface area contributed by atoms with Crippen LogP contribution < -0.4 is 9.64 Å². The van der Waals surface area contributed by atoms with Crippen LogP contribution in [0.3, 0.4) is 0 Å². The molecule has 0 atom stereocenters. The quantitative estimate of drug-likeness (QED) is 0.439. The van der Waals surface area contributed by atoms with Crippen molar-refractivity contribution in [3.05, 3.63) is 84.7 Å². The van der Waals surface area contributed by atoms with E-state index < -0.39 is 9.84 Å². The van der Waals surface area contributed by atoms with Crippen LogP contribution in [0, 0.1) is 0 Å². The van der Waals surface area contributed by atoms with Crippen molar-refractivity contribution in [2.24, 2.45) is 0 Å². The minimum absolute atomic E-state index is 0.245. The first-order valence-corrected chi connectivity index (χ1v) is 11.4. The van der Waals surface area contributed by atoms with Gasteiger partial charge in [-0.05, 0) is 59.0 Å². The molecule has 31 heavy (non-hydrogen) atoms. The number of benzene rings is 3. The van der Waals surface area contributed by atoms with Crippen molar-refractivity contribution in [1.82, 2.24) is 20.2 Å². The molecule has 0 spiro atoms. The number of nitrogens with zero attached hydrogens (tertiary/aromatic N) is 5. The third kappa shape index (κ3) is 4.72. The Morgan fingerprint density at radius 3 is 2.32 bits per heavy atom. The fourth-order valence-corrected chi connectivity index (χ4v) is 3.74.